The highest BCUT2D eigenvalue weighted by molar-refractivity contribution is 6.17. The fourth-order valence-corrected chi connectivity index (χ4v) is 2.85. The van der Waals surface area contributed by atoms with E-state index in [-0.39, 0.29) is 39.9 Å². The van der Waals surface area contributed by atoms with Gasteiger partial charge in [0.25, 0.3) is 0 Å². The monoisotopic (exact) mass is 299 g/mol. The van der Waals surface area contributed by atoms with Crippen LogP contribution >= 0.6 is 0 Å². The van der Waals surface area contributed by atoms with Crippen molar-refractivity contribution < 1.29 is 4.79 Å². The van der Waals surface area contributed by atoms with Crippen LogP contribution in [0, 0.1) is 0 Å². The third-order valence-electron chi connectivity index (χ3n) is 4.07. The summed E-state index contributed by atoms with van der Waals surface area (Å²) in [5.41, 5.74) is 44.1. The van der Waals surface area contributed by atoms with Gasteiger partial charge in [0.15, 0.2) is 5.78 Å². The topological polar surface area (TPSA) is 199 Å². The molecule has 0 spiro atoms. The first-order chi connectivity index (χ1) is 10.3. The molecule has 0 saturated carbocycles. The molecule has 114 valence electrons. The molecule has 2 aromatic carbocycles. The van der Waals surface area contributed by atoms with Gasteiger partial charge in [-0.15, -0.1) is 0 Å². The van der Waals surface area contributed by atoms with Gasteiger partial charge >= 0.3 is 0 Å². The lowest BCUT2D eigenvalue weighted by molar-refractivity contribution is 0.103. The van der Waals surface area contributed by atoms with Crippen LogP contribution in [0.1, 0.15) is 33.1 Å². The summed E-state index contributed by atoms with van der Waals surface area (Å²) < 4.78 is 0. The van der Waals surface area contributed by atoms with E-state index in [4.69, 9.17) is 40.1 Å². The standard InChI is InChI=1S/C14H17N7O/c15-5-1-3-7(12(20)9(5)17)11(19)8-4(14(3)22)2-6(16)10(18)13(8)21/h1-2,11H,15-21H2. The average Bonchev–Trinajstić information content (AvgIpc) is 2.47. The number of carbonyl (C=O) groups excluding carboxylic acids is 1. The molecule has 14 N–H and O–H groups in total. The number of rotatable bonds is 0. The van der Waals surface area contributed by atoms with Gasteiger partial charge in [-0.25, -0.2) is 0 Å². The van der Waals surface area contributed by atoms with E-state index in [2.05, 4.69) is 0 Å². The van der Waals surface area contributed by atoms with Crippen LogP contribution in [0.4, 0.5) is 34.1 Å². The highest BCUT2D eigenvalue weighted by Crippen LogP contribution is 2.45. The molecule has 8 nitrogen and oxygen atoms in total. The van der Waals surface area contributed by atoms with Gasteiger partial charge < -0.3 is 40.1 Å². The number of hydrogen-bond acceptors (Lipinski definition) is 8. The number of fused-ring (bicyclic) bond motifs is 2. The quantitative estimate of drug-likeness (QED) is 0.323. The van der Waals surface area contributed by atoms with Gasteiger partial charge in [0, 0.05) is 22.3 Å². The van der Waals surface area contributed by atoms with Crippen molar-refractivity contribution in [1.82, 2.24) is 0 Å². The fraction of sp³-hybridized carbons (Fsp3) is 0.0714. The lowest BCUT2D eigenvalue weighted by Gasteiger charge is -2.29. The predicted molar refractivity (Wildman–Crippen MR) is 88.8 cm³/mol. The molecular weight excluding hydrogens is 282 g/mol. The van der Waals surface area contributed by atoms with Crippen LogP contribution in [0.2, 0.25) is 0 Å². The van der Waals surface area contributed by atoms with Crippen molar-refractivity contribution in [1.29, 1.82) is 0 Å². The van der Waals surface area contributed by atoms with E-state index < -0.39 is 6.04 Å². The second-order valence-electron chi connectivity index (χ2n) is 5.32. The molecule has 0 heterocycles. The van der Waals surface area contributed by atoms with E-state index in [1.807, 2.05) is 0 Å². The number of benzene rings is 2. The van der Waals surface area contributed by atoms with Crippen LogP contribution in [0.3, 0.4) is 0 Å². The Balaban J connectivity index is 2.40. The molecule has 0 amide bonds. The highest BCUT2D eigenvalue weighted by atomic mass is 16.1. The van der Waals surface area contributed by atoms with Gasteiger partial charge in [-0.05, 0) is 12.1 Å². The Bertz CT molecular complexity index is 777. The zero-order valence-corrected chi connectivity index (χ0v) is 11.7. The van der Waals surface area contributed by atoms with E-state index in [1.54, 1.807) is 0 Å². The number of nitrogens with two attached hydrogens (primary N) is 7. The summed E-state index contributed by atoms with van der Waals surface area (Å²) in [6.07, 6.45) is 0. The third kappa shape index (κ3) is 1.52. The molecule has 3 rings (SSSR count). The molecule has 0 fully saturated rings. The molecule has 2 aromatic rings. The van der Waals surface area contributed by atoms with Crippen molar-refractivity contribution in [3.05, 3.63) is 34.4 Å². The van der Waals surface area contributed by atoms with Crippen molar-refractivity contribution in [3.8, 4) is 0 Å². The van der Waals surface area contributed by atoms with Crippen LogP contribution < -0.4 is 40.1 Å². The van der Waals surface area contributed by atoms with Gasteiger partial charge in [0.2, 0.25) is 0 Å². The molecule has 8 heteroatoms. The zero-order chi connectivity index (χ0) is 16.3. The summed E-state index contributed by atoms with van der Waals surface area (Å²) in [5, 5.41) is 0. The second kappa shape index (κ2) is 4.18. The lowest BCUT2D eigenvalue weighted by Crippen LogP contribution is -2.28. The normalized spacial score (nSPS) is 13.8. The maximum Gasteiger partial charge on any atom is 0.194 e. The minimum atomic E-state index is -0.742. The van der Waals surface area contributed by atoms with Crippen LogP contribution in [0.25, 0.3) is 0 Å². The van der Waals surface area contributed by atoms with Gasteiger partial charge in [-0.3, -0.25) is 4.79 Å². The van der Waals surface area contributed by atoms with Crippen molar-refractivity contribution >= 4 is 39.9 Å². The molecular formula is C14H17N7O. The van der Waals surface area contributed by atoms with Crippen LogP contribution in [-0.4, -0.2) is 5.78 Å². The van der Waals surface area contributed by atoms with Crippen LogP contribution in [0.5, 0.6) is 0 Å². The van der Waals surface area contributed by atoms with Gasteiger partial charge in [-0.1, -0.05) is 0 Å². The van der Waals surface area contributed by atoms with Gasteiger partial charge in [0.1, 0.15) is 0 Å². The minimum Gasteiger partial charge on any atom is -0.397 e. The lowest BCUT2D eigenvalue weighted by atomic mass is 9.79. The van der Waals surface area contributed by atoms with Crippen LogP contribution in [-0.2, 0) is 0 Å². The summed E-state index contributed by atoms with van der Waals surface area (Å²) >= 11 is 0. The average molecular weight is 299 g/mol. The Labute approximate surface area is 126 Å². The molecule has 0 radical (unpaired) electrons. The first-order valence-corrected chi connectivity index (χ1v) is 6.50. The maximum absolute atomic E-state index is 12.7. The Morgan fingerprint density at radius 2 is 1.05 bits per heavy atom. The molecule has 22 heavy (non-hydrogen) atoms. The van der Waals surface area contributed by atoms with Crippen molar-refractivity contribution in [3.63, 3.8) is 0 Å². The summed E-state index contributed by atoms with van der Waals surface area (Å²) in [4.78, 5) is 12.7. The van der Waals surface area contributed by atoms with E-state index in [1.165, 1.54) is 12.1 Å². The highest BCUT2D eigenvalue weighted by Gasteiger charge is 2.34. The second-order valence-corrected chi connectivity index (χ2v) is 5.32. The molecule has 0 aliphatic heterocycles. The van der Waals surface area contributed by atoms with E-state index in [0.717, 1.165) is 0 Å². The van der Waals surface area contributed by atoms with Crippen LogP contribution in [0.15, 0.2) is 12.1 Å². The first-order valence-electron chi connectivity index (χ1n) is 6.50. The van der Waals surface area contributed by atoms with Crippen molar-refractivity contribution in [2.24, 2.45) is 5.73 Å². The number of nitrogen functional groups attached to an aromatic ring is 6. The predicted octanol–water partition coefficient (Wildman–Crippen LogP) is -0.228. The maximum atomic E-state index is 12.7. The molecule has 0 bridgehead atoms. The number of carbonyl (C=O) groups is 1. The summed E-state index contributed by atoms with van der Waals surface area (Å²) in [7, 11) is 0. The molecule has 0 saturated heterocycles. The largest absolute Gasteiger partial charge is 0.397 e. The Kier molecular flexibility index (Phi) is 2.63. The van der Waals surface area contributed by atoms with Crippen molar-refractivity contribution in [2.45, 2.75) is 6.04 Å². The molecule has 1 aliphatic carbocycles. The number of anilines is 6. The van der Waals surface area contributed by atoms with Gasteiger partial charge in [-0.2, -0.15) is 0 Å². The summed E-state index contributed by atoms with van der Waals surface area (Å²) in [6, 6.07) is 2.19. The molecule has 1 aliphatic rings. The fourth-order valence-electron chi connectivity index (χ4n) is 2.85. The number of hydrogen-bond donors (Lipinski definition) is 7. The Morgan fingerprint density at radius 1 is 0.682 bits per heavy atom. The molecule has 0 aromatic heterocycles. The van der Waals surface area contributed by atoms with E-state index >= 15 is 0 Å². The zero-order valence-electron chi connectivity index (χ0n) is 11.7. The first kappa shape index (κ1) is 13.8. The van der Waals surface area contributed by atoms with E-state index in [0.29, 0.717) is 22.3 Å². The summed E-state index contributed by atoms with van der Waals surface area (Å²) in [6.45, 7) is 0. The summed E-state index contributed by atoms with van der Waals surface area (Å²) in [5.74, 6) is -0.316. The molecule has 0 atom stereocenters. The van der Waals surface area contributed by atoms with E-state index in [9.17, 15) is 4.79 Å². The third-order valence-corrected chi connectivity index (χ3v) is 4.07. The molecule has 0 unspecified atom stereocenters. The Hall–Kier alpha value is -3.13. The van der Waals surface area contributed by atoms with Gasteiger partial charge in [0.05, 0.1) is 40.2 Å². The SMILES string of the molecule is Nc1cc2c(c(N)c1N)C(N)c1c(cc(N)c(N)c1N)C2=O. The van der Waals surface area contributed by atoms with Crippen molar-refractivity contribution in [2.75, 3.05) is 34.4 Å². The Morgan fingerprint density at radius 3 is 1.41 bits per heavy atom. The minimum absolute atomic E-state index is 0.177. The number of ketones is 1. The smallest absolute Gasteiger partial charge is 0.194 e.